The molecule has 0 spiro atoms. The van der Waals surface area contributed by atoms with Gasteiger partial charge < -0.3 is 14.6 Å². The molecule has 0 atom stereocenters. The molecule has 1 aliphatic carbocycles. The van der Waals surface area contributed by atoms with Gasteiger partial charge >= 0.3 is 0 Å². The fraction of sp³-hybridized carbons (Fsp3) is 0.750. The topological polar surface area (TPSA) is 39.1 Å². The van der Waals surface area contributed by atoms with E-state index in [-0.39, 0.29) is 0 Å². The molecule has 90 valence electrons. The first-order valence-electron chi connectivity index (χ1n) is 6.11. The molecule has 0 aromatic carbocycles. The molecule has 1 N–H and O–H groups in total. The SMILES string of the molecule is CNCc1cncn1CCCOCC1CC1. The van der Waals surface area contributed by atoms with Crippen molar-refractivity contribution in [2.45, 2.75) is 32.4 Å². The summed E-state index contributed by atoms with van der Waals surface area (Å²) in [4.78, 5) is 4.16. The lowest BCUT2D eigenvalue weighted by atomic mass is 10.4. The first-order valence-corrected chi connectivity index (χ1v) is 6.11. The fourth-order valence-corrected chi connectivity index (χ4v) is 1.75. The maximum absolute atomic E-state index is 5.61. The van der Waals surface area contributed by atoms with Crippen molar-refractivity contribution in [3.05, 3.63) is 18.2 Å². The van der Waals surface area contributed by atoms with Crippen LogP contribution < -0.4 is 5.32 Å². The van der Waals surface area contributed by atoms with Crippen LogP contribution in [0.3, 0.4) is 0 Å². The van der Waals surface area contributed by atoms with Gasteiger partial charge in [-0.05, 0) is 32.2 Å². The lowest BCUT2D eigenvalue weighted by molar-refractivity contribution is 0.119. The Morgan fingerprint density at radius 3 is 3.19 bits per heavy atom. The monoisotopic (exact) mass is 223 g/mol. The second-order valence-electron chi connectivity index (χ2n) is 4.48. The van der Waals surface area contributed by atoms with Crippen LogP contribution >= 0.6 is 0 Å². The number of imidazole rings is 1. The van der Waals surface area contributed by atoms with E-state index in [0.717, 1.165) is 38.6 Å². The Labute approximate surface area is 97.0 Å². The minimum absolute atomic E-state index is 0.869. The molecule has 0 bridgehead atoms. The Kier molecular flexibility index (Phi) is 4.36. The molecule has 1 aliphatic rings. The molecule has 0 aliphatic heterocycles. The summed E-state index contributed by atoms with van der Waals surface area (Å²) in [6.07, 6.45) is 7.62. The van der Waals surface area contributed by atoms with Crippen molar-refractivity contribution in [3.8, 4) is 0 Å². The molecule has 4 nitrogen and oxygen atoms in total. The molecular weight excluding hydrogens is 202 g/mol. The summed E-state index contributed by atoms with van der Waals surface area (Å²) in [5.41, 5.74) is 1.24. The third kappa shape index (κ3) is 3.61. The summed E-state index contributed by atoms with van der Waals surface area (Å²) in [6.45, 7) is 3.71. The Balaban J connectivity index is 1.61. The molecule has 4 heteroatoms. The van der Waals surface area contributed by atoms with Gasteiger partial charge in [-0.25, -0.2) is 4.98 Å². The highest BCUT2D eigenvalue weighted by molar-refractivity contribution is 4.97. The van der Waals surface area contributed by atoms with Gasteiger partial charge in [-0.3, -0.25) is 0 Å². The van der Waals surface area contributed by atoms with Crippen molar-refractivity contribution in [3.63, 3.8) is 0 Å². The summed E-state index contributed by atoms with van der Waals surface area (Å²) >= 11 is 0. The highest BCUT2D eigenvalue weighted by Gasteiger charge is 2.20. The van der Waals surface area contributed by atoms with E-state index in [9.17, 15) is 0 Å². The highest BCUT2D eigenvalue weighted by atomic mass is 16.5. The van der Waals surface area contributed by atoms with Crippen LogP contribution in [0, 0.1) is 5.92 Å². The predicted molar refractivity (Wildman–Crippen MR) is 63.2 cm³/mol. The quantitative estimate of drug-likeness (QED) is 0.677. The van der Waals surface area contributed by atoms with Crippen molar-refractivity contribution in [1.82, 2.24) is 14.9 Å². The Hall–Kier alpha value is -0.870. The molecule has 0 radical (unpaired) electrons. The lowest BCUT2D eigenvalue weighted by Crippen LogP contribution is -2.12. The van der Waals surface area contributed by atoms with Crippen LogP contribution in [0.2, 0.25) is 0 Å². The zero-order valence-electron chi connectivity index (χ0n) is 9.98. The van der Waals surface area contributed by atoms with Crippen LogP contribution in [-0.4, -0.2) is 29.8 Å². The summed E-state index contributed by atoms with van der Waals surface area (Å²) < 4.78 is 7.80. The average molecular weight is 223 g/mol. The summed E-state index contributed by atoms with van der Waals surface area (Å²) in [5.74, 6) is 0.869. The van der Waals surface area contributed by atoms with Crippen molar-refractivity contribution < 1.29 is 4.74 Å². The highest BCUT2D eigenvalue weighted by Crippen LogP contribution is 2.28. The molecule has 1 aromatic heterocycles. The van der Waals surface area contributed by atoms with Crippen LogP contribution in [0.5, 0.6) is 0 Å². The number of hydrogen-bond acceptors (Lipinski definition) is 3. The van der Waals surface area contributed by atoms with Gasteiger partial charge in [-0.1, -0.05) is 0 Å². The van der Waals surface area contributed by atoms with E-state index in [1.807, 2.05) is 19.6 Å². The van der Waals surface area contributed by atoms with Crippen molar-refractivity contribution in [2.75, 3.05) is 20.3 Å². The number of aryl methyl sites for hydroxylation is 1. The largest absolute Gasteiger partial charge is 0.381 e. The van der Waals surface area contributed by atoms with Crippen LogP contribution in [-0.2, 0) is 17.8 Å². The molecule has 16 heavy (non-hydrogen) atoms. The zero-order valence-corrected chi connectivity index (χ0v) is 9.98. The van der Waals surface area contributed by atoms with Gasteiger partial charge in [-0.2, -0.15) is 0 Å². The van der Waals surface area contributed by atoms with Crippen LogP contribution in [0.15, 0.2) is 12.5 Å². The molecule has 1 saturated carbocycles. The first-order chi connectivity index (χ1) is 7.90. The van der Waals surface area contributed by atoms with Gasteiger partial charge in [0, 0.05) is 32.5 Å². The van der Waals surface area contributed by atoms with Gasteiger partial charge in [-0.15, -0.1) is 0 Å². The Bertz CT molecular complexity index is 307. The standard InChI is InChI=1S/C12H21N3O/c1-13-7-12-8-14-10-15(12)5-2-6-16-9-11-3-4-11/h8,10-11,13H,2-7,9H2,1H3. The van der Waals surface area contributed by atoms with Gasteiger partial charge in [0.1, 0.15) is 0 Å². The number of nitrogens with one attached hydrogen (secondary N) is 1. The molecule has 2 rings (SSSR count). The van der Waals surface area contributed by atoms with E-state index < -0.39 is 0 Å². The molecule has 0 unspecified atom stereocenters. The summed E-state index contributed by atoms with van der Waals surface area (Å²) in [6, 6.07) is 0. The van der Waals surface area contributed by atoms with Gasteiger partial charge in [0.2, 0.25) is 0 Å². The molecule has 0 amide bonds. The Morgan fingerprint density at radius 2 is 2.44 bits per heavy atom. The minimum atomic E-state index is 0.869. The van der Waals surface area contributed by atoms with Crippen LogP contribution in [0.1, 0.15) is 25.0 Å². The number of aromatic nitrogens is 2. The summed E-state index contributed by atoms with van der Waals surface area (Å²) in [7, 11) is 1.95. The number of rotatable bonds is 8. The van der Waals surface area contributed by atoms with Gasteiger partial charge in [0.15, 0.2) is 0 Å². The van der Waals surface area contributed by atoms with Gasteiger partial charge in [0.05, 0.1) is 12.0 Å². The fourth-order valence-electron chi connectivity index (χ4n) is 1.75. The van der Waals surface area contributed by atoms with E-state index in [0.29, 0.717) is 0 Å². The third-order valence-corrected chi connectivity index (χ3v) is 2.89. The molecule has 1 fully saturated rings. The maximum Gasteiger partial charge on any atom is 0.0948 e. The average Bonchev–Trinajstić information content (AvgIpc) is 3.00. The number of nitrogens with zero attached hydrogens (tertiary/aromatic N) is 2. The molecule has 0 saturated heterocycles. The summed E-state index contributed by atoms with van der Waals surface area (Å²) in [5, 5.41) is 3.14. The Morgan fingerprint density at radius 1 is 1.56 bits per heavy atom. The van der Waals surface area contributed by atoms with Crippen LogP contribution in [0.4, 0.5) is 0 Å². The first kappa shape index (κ1) is 11.6. The van der Waals surface area contributed by atoms with E-state index in [1.54, 1.807) is 0 Å². The van der Waals surface area contributed by atoms with Crippen LogP contribution in [0.25, 0.3) is 0 Å². The predicted octanol–water partition coefficient (Wildman–Crippen LogP) is 1.42. The molecular formula is C12H21N3O. The number of hydrogen-bond donors (Lipinski definition) is 1. The minimum Gasteiger partial charge on any atom is -0.381 e. The van der Waals surface area contributed by atoms with Crippen molar-refractivity contribution in [2.24, 2.45) is 5.92 Å². The van der Waals surface area contributed by atoms with E-state index in [4.69, 9.17) is 4.74 Å². The van der Waals surface area contributed by atoms with E-state index in [2.05, 4.69) is 14.9 Å². The second-order valence-corrected chi connectivity index (χ2v) is 4.48. The normalized spacial score (nSPS) is 15.6. The zero-order chi connectivity index (χ0) is 11.2. The lowest BCUT2D eigenvalue weighted by Gasteiger charge is -2.08. The number of ether oxygens (including phenoxy) is 1. The maximum atomic E-state index is 5.61. The smallest absolute Gasteiger partial charge is 0.0948 e. The third-order valence-electron chi connectivity index (χ3n) is 2.89. The van der Waals surface area contributed by atoms with E-state index >= 15 is 0 Å². The second kappa shape index (κ2) is 6.01. The van der Waals surface area contributed by atoms with Crippen molar-refractivity contribution in [1.29, 1.82) is 0 Å². The van der Waals surface area contributed by atoms with Gasteiger partial charge in [0.25, 0.3) is 0 Å². The van der Waals surface area contributed by atoms with E-state index in [1.165, 1.54) is 18.5 Å². The molecule has 1 heterocycles. The molecule has 1 aromatic rings. The van der Waals surface area contributed by atoms with Crippen molar-refractivity contribution >= 4 is 0 Å².